The second-order valence-electron chi connectivity index (χ2n) is 10.5. The lowest BCUT2D eigenvalue weighted by Gasteiger charge is -2.32. The zero-order valence-electron chi connectivity index (χ0n) is 22.7. The highest BCUT2D eigenvalue weighted by molar-refractivity contribution is 7.81. The fourth-order valence-electron chi connectivity index (χ4n) is 4.66. The number of rotatable bonds is 7. The molecule has 0 spiro atoms. The average molecular weight is 524 g/mol. The van der Waals surface area contributed by atoms with Crippen LogP contribution in [0.2, 0.25) is 0 Å². The topological polar surface area (TPSA) is 79.3 Å². The van der Waals surface area contributed by atoms with Gasteiger partial charge in [0, 0.05) is 58.3 Å². The molecule has 4 heterocycles. The van der Waals surface area contributed by atoms with Gasteiger partial charge in [-0.2, -0.15) is 0 Å². The lowest BCUT2D eigenvalue weighted by molar-refractivity contribution is 0.0853. The van der Waals surface area contributed by atoms with Crippen LogP contribution < -0.4 is 14.5 Å². The summed E-state index contributed by atoms with van der Waals surface area (Å²) in [5, 5.41) is 0. The maximum atomic E-state index is 5.56. The standard InChI is InChI=1S/C24H31N7OS.C4H10/c1-30(17-10-14-32-15-11-17)22-16-23(31-12-4-5-13-31)28-21(27-22)9-8-20-24(29-33)26-19-7-3-2-6-18(19)25-20;1-4(2)3/h2-3,6-7,16-17,33H,4-5,8-15H2,1H3,(H,26,29);4H,1-3H3. The summed E-state index contributed by atoms with van der Waals surface area (Å²) in [6.45, 7) is 10.2. The highest BCUT2D eigenvalue weighted by Crippen LogP contribution is 2.26. The molecule has 200 valence electrons. The molecule has 2 aromatic heterocycles. The molecule has 0 saturated carbocycles. The van der Waals surface area contributed by atoms with E-state index >= 15 is 0 Å². The predicted molar refractivity (Wildman–Crippen MR) is 156 cm³/mol. The van der Waals surface area contributed by atoms with Crippen LogP contribution >= 0.6 is 12.8 Å². The van der Waals surface area contributed by atoms with Gasteiger partial charge in [-0.15, -0.1) is 0 Å². The van der Waals surface area contributed by atoms with Crippen molar-refractivity contribution in [2.75, 3.05) is 47.9 Å². The average Bonchev–Trinajstić information content (AvgIpc) is 3.46. The molecule has 2 aliphatic rings. The molecule has 37 heavy (non-hydrogen) atoms. The van der Waals surface area contributed by atoms with E-state index in [0.717, 1.165) is 79.3 Å². The highest BCUT2D eigenvalue weighted by atomic mass is 32.1. The van der Waals surface area contributed by atoms with Gasteiger partial charge in [0.2, 0.25) is 0 Å². The number of thiol groups is 1. The van der Waals surface area contributed by atoms with Gasteiger partial charge in [0.1, 0.15) is 17.5 Å². The largest absolute Gasteiger partial charge is 0.381 e. The minimum absolute atomic E-state index is 0.444. The number of hydrogen-bond acceptors (Lipinski definition) is 9. The minimum atomic E-state index is 0.444. The van der Waals surface area contributed by atoms with Gasteiger partial charge in [0.15, 0.2) is 5.82 Å². The van der Waals surface area contributed by atoms with E-state index in [1.165, 1.54) is 12.8 Å². The fourth-order valence-corrected chi connectivity index (χ4v) is 4.84. The zero-order chi connectivity index (χ0) is 26.2. The van der Waals surface area contributed by atoms with Gasteiger partial charge >= 0.3 is 0 Å². The van der Waals surface area contributed by atoms with E-state index in [4.69, 9.17) is 19.7 Å². The first-order chi connectivity index (χ1) is 17.9. The smallest absolute Gasteiger partial charge is 0.158 e. The van der Waals surface area contributed by atoms with Crippen molar-refractivity contribution in [1.29, 1.82) is 0 Å². The first-order valence-electron chi connectivity index (χ1n) is 13.5. The molecule has 2 saturated heterocycles. The summed E-state index contributed by atoms with van der Waals surface area (Å²) < 4.78 is 8.47. The number of nitrogens with one attached hydrogen (secondary N) is 1. The second-order valence-corrected chi connectivity index (χ2v) is 10.7. The summed E-state index contributed by atoms with van der Waals surface area (Å²) in [7, 11) is 2.15. The Morgan fingerprint density at radius 2 is 1.65 bits per heavy atom. The second kappa shape index (κ2) is 13.2. The highest BCUT2D eigenvalue weighted by Gasteiger charge is 2.23. The Morgan fingerprint density at radius 1 is 1.00 bits per heavy atom. The number of anilines is 3. The molecule has 2 aliphatic heterocycles. The molecule has 3 aromatic rings. The lowest BCUT2D eigenvalue weighted by atomic mass is 10.1. The van der Waals surface area contributed by atoms with Crippen molar-refractivity contribution in [3.05, 3.63) is 41.9 Å². The predicted octanol–water partition coefficient (Wildman–Crippen LogP) is 5.34. The molecule has 2 fully saturated rings. The molecule has 8 nitrogen and oxygen atoms in total. The Hall–Kier alpha value is -2.65. The normalized spacial score (nSPS) is 16.1. The molecule has 0 atom stereocenters. The van der Waals surface area contributed by atoms with E-state index in [1.54, 1.807) is 0 Å². The van der Waals surface area contributed by atoms with Crippen molar-refractivity contribution >= 4 is 41.3 Å². The molecule has 9 heteroatoms. The van der Waals surface area contributed by atoms with Gasteiger partial charge in [-0.25, -0.2) is 19.9 Å². The molecular weight excluding hydrogens is 482 g/mol. The molecule has 0 aliphatic carbocycles. The Balaban J connectivity index is 0.000000747. The molecule has 5 rings (SSSR count). The monoisotopic (exact) mass is 523 g/mol. The van der Waals surface area contributed by atoms with Crippen LogP contribution in [0.25, 0.3) is 11.0 Å². The number of fused-ring (bicyclic) bond motifs is 1. The maximum Gasteiger partial charge on any atom is 0.158 e. The Labute approximate surface area is 226 Å². The van der Waals surface area contributed by atoms with Crippen LogP contribution in [0.3, 0.4) is 0 Å². The van der Waals surface area contributed by atoms with E-state index < -0.39 is 0 Å². The molecule has 0 radical (unpaired) electrons. The van der Waals surface area contributed by atoms with Gasteiger partial charge in [0.25, 0.3) is 0 Å². The third-order valence-electron chi connectivity index (χ3n) is 6.61. The first-order valence-corrected chi connectivity index (χ1v) is 14.0. The van der Waals surface area contributed by atoms with Crippen LogP contribution in [-0.4, -0.2) is 59.3 Å². The third kappa shape index (κ3) is 7.45. The third-order valence-corrected chi connectivity index (χ3v) is 6.82. The number of ether oxygens (including phenoxy) is 1. The van der Waals surface area contributed by atoms with Gasteiger partial charge in [-0.3, -0.25) is 0 Å². The number of aryl methyl sites for hydroxylation is 2. The SMILES string of the molecule is CC(C)C.CN(c1cc(N2CCCC2)nc(CCc2nc3ccccc3nc2NS)n1)C1CCOCC1. The minimum Gasteiger partial charge on any atom is -0.381 e. The lowest BCUT2D eigenvalue weighted by Crippen LogP contribution is -2.37. The van der Waals surface area contributed by atoms with Crippen molar-refractivity contribution in [1.82, 2.24) is 19.9 Å². The van der Waals surface area contributed by atoms with Crippen LogP contribution in [0.4, 0.5) is 17.5 Å². The van der Waals surface area contributed by atoms with E-state index in [9.17, 15) is 0 Å². The number of aromatic nitrogens is 4. The molecule has 1 N–H and O–H groups in total. The van der Waals surface area contributed by atoms with Gasteiger partial charge < -0.3 is 19.3 Å². The van der Waals surface area contributed by atoms with Gasteiger partial charge in [0.05, 0.1) is 16.7 Å². The van der Waals surface area contributed by atoms with Gasteiger partial charge in [-0.05, 0) is 43.7 Å². The van der Waals surface area contributed by atoms with E-state index in [2.05, 4.69) is 66.2 Å². The van der Waals surface area contributed by atoms with Crippen molar-refractivity contribution < 1.29 is 4.74 Å². The molecule has 0 amide bonds. The van der Waals surface area contributed by atoms with Crippen molar-refractivity contribution in [2.45, 2.75) is 65.3 Å². The van der Waals surface area contributed by atoms with E-state index in [0.29, 0.717) is 24.7 Å². The van der Waals surface area contributed by atoms with Crippen LogP contribution in [0.1, 0.15) is 58.0 Å². The molecular formula is C28H41N7OS. The van der Waals surface area contributed by atoms with Gasteiger partial charge in [-0.1, -0.05) is 45.7 Å². The summed E-state index contributed by atoms with van der Waals surface area (Å²) in [6.07, 6.45) is 5.86. The van der Waals surface area contributed by atoms with Crippen LogP contribution in [-0.2, 0) is 17.6 Å². The van der Waals surface area contributed by atoms with Crippen LogP contribution in [0.15, 0.2) is 30.3 Å². The Kier molecular flexibility index (Phi) is 9.80. The molecule has 1 aromatic carbocycles. The molecule has 0 bridgehead atoms. The van der Waals surface area contributed by atoms with E-state index in [-0.39, 0.29) is 0 Å². The summed E-state index contributed by atoms with van der Waals surface area (Å²) >= 11 is 4.26. The number of hydrogen-bond donors (Lipinski definition) is 2. The summed E-state index contributed by atoms with van der Waals surface area (Å²) in [5.74, 6) is 4.38. The summed E-state index contributed by atoms with van der Waals surface area (Å²) in [4.78, 5) is 24.1. The van der Waals surface area contributed by atoms with Crippen molar-refractivity contribution in [3.63, 3.8) is 0 Å². The van der Waals surface area contributed by atoms with Crippen molar-refractivity contribution in [2.24, 2.45) is 5.92 Å². The van der Waals surface area contributed by atoms with Crippen molar-refractivity contribution in [3.8, 4) is 0 Å². The maximum absolute atomic E-state index is 5.56. The number of para-hydroxylation sites is 2. The Bertz CT molecular complexity index is 1140. The van der Waals surface area contributed by atoms with Crippen LogP contribution in [0, 0.1) is 5.92 Å². The van der Waals surface area contributed by atoms with E-state index in [1.807, 2.05) is 24.3 Å². The number of nitrogens with zero attached hydrogens (tertiary/aromatic N) is 6. The Morgan fingerprint density at radius 3 is 2.30 bits per heavy atom. The van der Waals surface area contributed by atoms with Crippen LogP contribution in [0.5, 0.6) is 0 Å². The molecule has 0 unspecified atom stereocenters. The summed E-state index contributed by atoms with van der Waals surface area (Å²) in [5.41, 5.74) is 2.61. The first kappa shape index (κ1) is 27.4. The quantitative estimate of drug-likeness (QED) is 0.402. The zero-order valence-corrected chi connectivity index (χ0v) is 23.5. The summed E-state index contributed by atoms with van der Waals surface area (Å²) in [6, 6.07) is 10.5. The number of benzene rings is 1. The fraction of sp³-hybridized carbons (Fsp3) is 0.571.